The van der Waals surface area contributed by atoms with Gasteiger partial charge in [-0.05, 0) is 25.3 Å². The van der Waals surface area contributed by atoms with Crippen LogP contribution in [0.3, 0.4) is 0 Å². The molecular formula is C14H19Cl2NO2S. The molecule has 1 aromatic rings. The maximum atomic E-state index is 10.2. The zero-order valence-electron chi connectivity index (χ0n) is 11.6. The minimum absolute atomic E-state index is 0.100. The van der Waals surface area contributed by atoms with E-state index in [4.69, 9.17) is 27.9 Å². The molecule has 0 spiro atoms. The van der Waals surface area contributed by atoms with Crippen molar-refractivity contribution in [1.82, 2.24) is 5.32 Å². The van der Waals surface area contributed by atoms with Crippen LogP contribution in [0.25, 0.3) is 0 Å². The lowest BCUT2D eigenvalue weighted by molar-refractivity contribution is 0.0789. The first-order valence-electron chi connectivity index (χ1n) is 6.49. The SMILES string of the molecule is CSCC(C)(O)CNC1CCOc2c(Cl)cc(Cl)cc21. The normalized spacial score (nSPS) is 20.9. The van der Waals surface area contributed by atoms with E-state index in [0.717, 1.165) is 12.0 Å². The number of fused-ring (bicyclic) bond motifs is 1. The van der Waals surface area contributed by atoms with Crippen LogP contribution in [0.2, 0.25) is 10.0 Å². The van der Waals surface area contributed by atoms with Gasteiger partial charge in [0, 0.05) is 35.3 Å². The lowest BCUT2D eigenvalue weighted by Crippen LogP contribution is -2.42. The van der Waals surface area contributed by atoms with Gasteiger partial charge in [-0.2, -0.15) is 11.8 Å². The smallest absolute Gasteiger partial charge is 0.142 e. The van der Waals surface area contributed by atoms with Gasteiger partial charge >= 0.3 is 0 Å². The number of hydrogen-bond acceptors (Lipinski definition) is 4. The number of benzene rings is 1. The topological polar surface area (TPSA) is 41.5 Å². The highest BCUT2D eigenvalue weighted by atomic mass is 35.5. The Hall–Kier alpha value is -0.130. The quantitative estimate of drug-likeness (QED) is 0.863. The maximum Gasteiger partial charge on any atom is 0.142 e. The fourth-order valence-electron chi connectivity index (χ4n) is 2.34. The Kier molecular flexibility index (Phi) is 5.49. The number of ether oxygens (including phenoxy) is 1. The second kappa shape index (κ2) is 6.75. The van der Waals surface area contributed by atoms with Gasteiger partial charge in [0.25, 0.3) is 0 Å². The predicted molar refractivity (Wildman–Crippen MR) is 86.3 cm³/mol. The predicted octanol–water partition coefficient (Wildman–Crippen LogP) is 3.52. The Morgan fingerprint density at radius 1 is 1.50 bits per heavy atom. The fourth-order valence-corrected chi connectivity index (χ4v) is 3.63. The third-order valence-electron chi connectivity index (χ3n) is 3.25. The van der Waals surface area contributed by atoms with E-state index < -0.39 is 5.60 Å². The van der Waals surface area contributed by atoms with E-state index in [-0.39, 0.29) is 6.04 Å². The molecule has 2 rings (SSSR count). The number of nitrogens with one attached hydrogen (secondary N) is 1. The van der Waals surface area contributed by atoms with Gasteiger partial charge in [-0.15, -0.1) is 0 Å². The van der Waals surface area contributed by atoms with Crippen LogP contribution in [0.15, 0.2) is 12.1 Å². The van der Waals surface area contributed by atoms with Crippen molar-refractivity contribution in [2.24, 2.45) is 0 Å². The summed E-state index contributed by atoms with van der Waals surface area (Å²) in [6.45, 7) is 2.96. The second-order valence-corrected chi connectivity index (χ2v) is 7.02. The molecule has 2 N–H and O–H groups in total. The van der Waals surface area contributed by atoms with Gasteiger partial charge in [0.2, 0.25) is 0 Å². The van der Waals surface area contributed by atoms with Crippen LogP contribution in [-0.2, 0) is 0 Å². The Labute approximate surface area is 134 Å². The van der Waals surface area contributed by atoms with E-state index >= 15 is 0 Å². The largest absolute Gasteiger partial charge is 0.492 e. The molecule has 112 valence electrons. The van der Waals surface area contributed by atoms with Crippen molar-refractivity contribution in [2.45, 2.75) is 25.0 Å². The molecule has 0 aromatic heterocycles. The highest BCUT2D eigenvalue weighted by Gasteiger charge is 2.27. The Morgan fingerprint density at radius 2 is 2.25 bits per heavy atom. The third kappa shape index (κ3) is 3.95. The first kappa shape index (κ1) is 16.2. The van der Waals surface area contributed by atoms with E-state index in [9.17, 15) is 5.11 Å². The van der Waals surface area contributed by atoms with Crippen LogP contribution in [0.1, 0.15) is 24.9 Å². The van der Waals surface area contributed by atoms with Gasteiger partial charge in [-0.1, -0.05) is 23.2 Å². The first-order valence-corrected chi connectivity index (χ1v) is 8.64. The van der Waals surface area contributed by atoms with Gasteiger partial charge in [-0.25, -0.2) is 0 Å². The summed E-state index contributed by atoms with van der Waals surface area (Å²) in [7, 11) is 0. The van der Waals surface area contributed by atoms with Crippen molar-refractivity contribution in [3.05, 3.63) is 27.7 Å². The number of rotatable bonds is 5. The fraction of sp³-hybridized carbons (Fsp3) is 0.571. The monoisotopic (exact) mass is 335 g/mol. The minimum atomic E-state index is -0.736. The Balaban J connectivity index is 2.13. The third-order valence-corrected chi connectivity index (χ3v) is 4.66. The van der Waals surface area contributed by atoms with Gasteiger partial charge in [0.05, 0.1) is 17.2 Å². The van der Waals surface area contributed by atoms with Crippen molar-refractivity contribution in [1.29, 1.82) is 0 Å². The Morgan fingerprint density at radius 3 is 2.95 bits per heavy atom. The molecular weight excluding hydrogens is 317 g/mol. The van der Waals surface area contributed by atoms with Gasteiger partial charge in [-0.3, -0.25) is 0 Å². The summed E-state index contributed by atoms with van der Waals surface area (Å²) < 4.78 is 5.62. The molecule has 0 radical (unpaired) electrons. The maximum absolute atomic E-state index is 10.2. The lowest BCUT2D eigenvalue weighted by Gasteiger charge is -2.31. The summed E-state index contributed by atoms with van der Waals surface area (Å²) >= 11 is 13.9. The summed E-state index contributed by atoms with van der Waals surface area (Å²) in [6.07, 6.45) is 2.82. The van der Waals surface area contributed by atoms with E-state index in [1.807, 2.05) is 19.2 Å². The van der Waals surface area contributed by atoms with Gasteiger partial charge < -0.3 is 15.2 Å². The van der Waals surface area contributed by atoms with Crippen molar-refractivity contribution in [3.8, 4) is 5.75 Å². The summed E-state index contributed by atoms with van der Waals surface area (Å²) in [5.74, 6) is 1.39. The molecule has 0 bridgehead atoms. The molecule has 0 aliphatic carbocycles. The molecule has 1 aliphatic heterocycles. The molecule has 1 aliphatic rings. The molecule has 2 atom stereocenters. The van der Waals surface area contributed by atoms with E-state index in [2.05, 4.69) is 5.32 Å². The van der Waals surface area contributed by atoms with E-state index in [1.54, 1.807) is 17.8 Å². The summed E-state index contributed by atoms with van der Waals surface area (Å²) in [6, 6.07) is 3.67. The van der Waals surface area contributed by atoms with E-state index in [1.165, 1.54) is 0 Å². The average Bonchev–Trinajstić information content (AvgIpc) is 2.36. The summed E-state index contributed by atoms with van der Waals surface area (Å²) in [4.78, 5) is 0. The number of halogens is 2. The minimum Gasteiger partial charge on any atom is -0.492 e. The van der Waals surface area contributed by atoms with Crippen LogP contribution in [-0.4, -0.2) is 35.9 Å². The summed E-state index contributed by atoms with van der Waals surface area (Å²) in [5, 5.41) is 14.8. The molecule has 20 heavy (non-hydrogen) atoms. The van der Waals surface area contributed by atoms with Crippen molar-refractivity contribution < 1.29 is 9.84 Å². The molecule has 0 saturated carbocycles. The average molecular weight is 336 g/mol. The van der Waals surface area contributed by atoms with Crippen LogP contribution in [0.4, 0.5) is 0 Å². The Bertz CT molecular complexity index is 482. The second-order valence-electron chi connectivity index (χ2n) is 5.31. The van der Waals surface area contributed by atoms with Crippen molar-refractivity contribution >= 4 is 35.0 Å². The van der Waals surface area contributed by atoms with E-state index in [0.29, 0.717) is 34.7 Å². The highest BCUT2D eigenvalue weighted by Crippen LogP contribution is 2.40. The zero-order valence-corrected chi connectivity index (χ0v) is 13.9. The first-order chi connectivity index (χ1) is 9.43. The van der Waals surface area contributed by atoms with Crippen molar-refractivity contribution in [3.63, 3.8) is 0 Å². The molecule has 6 heteroatoms. The molecule has 0 amide bonds. The molecule has 3 nitrogen and oxygen atoms in total. The molecule has 2 unspecified atom stereocenters. The number of thioether (sulfide) groups is 1. The lowest BCUT2D eigenvalue weighted by atomic mass is 9.99. The van der Waals surface area contributed by atoms with Crippen LogP contribution in [0, 0.1) is 0 Å². The van der Waals surface area contributed by atoms with Gasteiger partial charge in [0.1, 0.15) is 5.75 Å². The zero-order chi connectivity index (χ0) is 14.8. The van der Waals surface area contributed by atoms with Crippen molar-refractivity contribution in [2.75, 3.05) is 25.2 Å². The number of hydrogen-bond donors (Lipinski definition) is 2. The van der Waals surface area contributed by atoms with Crippen LogP contribution < -0.4 is 10.1 Å². The van der Waals surface area contributed by atoms with Gasteiger partial charge in [0.15, 0.2) is 0 Å². The molecule has 0 fully saturated rings. The number of aliphatic hydroxyl groups is 1. The van der Waals surface area contributed by atoms with Crippen LogP contribution in [0.5, 0.6) is 5.75 Å². The molecule has 1 heterocycles. The summed E-state index contributed by atoms with van der Waals surface area (Å²) in [5.41, 5.74) is 0.231. The highest BCUT2D eigenvalue weighted by molar-refractivity contribution is 7.98. The molecule has 1 aromatic carbocycles. The van der Waals surface area contributed by atoms with Crippen LogP contribution >= 0.6 is 35.0 Å². The molecule has 0 saturated heterocycles. The standard InChI is InChI=1S/C14H19Cl2NO2S/c1-14(18,8-20-2)7-17-12-3-4-19-13-10(12)5-9(15)6-11(13)16/h5-6,12,17-18H,3-4,7-8H2,1-2H3.